The minimum Gasteiger partial charge on any atom is -0.490 e. The molecule has 0 unspecified atom stereocenters. The number of ether oxygens (including phenoxy) is 6. The molecule has 15 nitrogen and oxygen atoms in total. The van der Waals surface area contributed by atoms with Gasteiger partial charge in [-0.15, -0.1) is 0 Å². The lowest BCUT2D eigenvalue weighted by molar-refractivity contribution is -0.146. The van der Waals surface area contributed by atoms with Gasteiger partial charge in [0, 0.05) is 32.1 Å². The van der Waals surface area contributed by atoms with Gasteiger partial charge in [0.1, 0.15) is 65.1 Å². The first-order chi connectivity index (χ1) is 26.6. The summed E-state index contributed by atoms with van der Waals surface area (Å²) >= 11 is 6.82. The number of nitrogens with one attached hydrogen (secondary N) is 2. The van der Waals surface area contributed by atoms with Crippen LogP contribution in [0.2, 0.25) is 5.02 Å². The van der Waals surface area contributed by atoms with Gasteiger partial charge in [-0.25, -0.2) is 14.6 Å². The average molecular weight is 801 g/mol. The Morgan fingerprint density at radius 1 is 0.982 bits per heavy atom. The highest BCUT2D eigenvalue weighted by molar-refractivity contribution is 6.36. The fourth-order valence-corrected chi connectivity index (χ4v) is 9.37. The maximum Gasteiger partial charge on any atom is 0.408 e. The van der Waals surface area contributed by atoms with Crippen LogP contribution in [0.1, 0.15) is 72.6 Å². The molecule has 0 radical (unpaired) electrons. The zero-order chi connectivity index (χ0) is 40.2. The Labute approximate surface area is 331 Å². The number of carboxylic acids is 1. The largest absolute Gasteiger partial charge is 0.490 e. The molecule has 3 N–H and O–H groups in total. The highest BCUT2D eigenvalue weighted by Gasteiger charge is 2.86. The molecule has 1 saturated heterocycles. The number of benzene rings is 1. The average Bonchev–Trinajstić information content (AvgIpc) is 4.02. The van der Waals surface area contributed by atoms with Crippen LogP contribution < -0.4 is 24.8 Å². The predicted molar refractivity (Wildman–Crippen MR) is 203 cm³/mol. The van der Waals surface area contributed by atoms with Gasteiger partial charge in [0.05, 0.1) is 19.8 Å². The van der Waals surface area contributed by atoms with Crippen molar-refractivity contribution in [3.8, 4) is 17.4 Å². The minimum absolute atomic E-state index is 0.0350. The molecule has 56 heavy (non-hydrogen) atoms. The van der Waals surface area contributed by atoms with Crippen LogP contribution in [0.25, 0.3) is 10.9 Å². The number of carbonyl (C=O) groups is 4. The van der Waals surface area contributed by atoms with Crippen LogP contribution in [0.5, 0.6) is 17.4 Å². The number of aromatic nitrogens is 1. The molecule has 1 aliphatic heterocycles. The minimum atomic E-state index is -1.41. The van der Waals surface area contributed by atoms with Gasteiger partial charge in [-0.1, -0.05) is 45.7 Å². The van der Waals surface area contributed by atoms with Gasteiger partial charge < -0.3 is 49.1 Å². The standard InChI is InChI=1S/C40H53ClN4O11/c1-7-22-16-40(22,35(48)49)44-33(46)26-14-23(19-45(26)34(47)32(37(2,3)4)43-36(50)56-24-17-38-20-39(38,18-24)21-38)55-28-15-29(54-13-11-52-6)42-31-25(28)8-9-27(30(31)41)53-12-10-51-5/h8-9,15,22-24,26,32H,7,10-14,16-21H2,1-6H3,(H,43,50)(H,44,46)(H,48,49)/t22-,23-,24?,26+,32-,38?,39?,40-/m1/s1. The number of alkyl carbamates (subject to hydrolysis) is 1. The number of carboxylic acid groups (broad SMARTS) is 1. The van der Waals surface area contributed by atoms with Crippen molar-refractivity contribution >= 4 is 46.4 Å². The Kier molecular flexibility index (Phi) is 10.8. The number of fused-ring (bicyclic) bond motifs is 1. The molecule has 5 aliphatic rings. The fraction of sp³-hybridized carbons (Fsp3) is 0.675. The van der Waals surface area contributed by atoms with E-state index in [-0.39, 0.29) is 49.1 Å². The Hall–Kier alpha value is -4.08. The summed E-state index contributed by atoms with van der Waals surface area (Å²) in [6, 6.07) is 2.89. The summed E-state index contributed by atoms with van der Waals surface area (Å²) in [5.74, 6) is -1.55. The summed E-state index contributed by atoms with van der Waals surface area (Å²) < 4.78 is 34.4. The van der Waals surface area contributed by atoms with E-state index in [4.69, 9.17) is 40.0 Å². The Balaban J connectivity index is 1.15. The van der Waals surface area contributed by atoms with E-state index in [2.05, 4.69) is 15.6 Å². The van der Waals surface area contributed by atoms with Gasteiger partial charge >= 0.3 is 12.1 Å². The number of methoxy groups -OCH3 is 2. The van der Waals surface area contributed by atoms with E-state index < -0.39 is 53.0 Å². The van der Waals surface area contributed by atoms with Crippen LogP contribution in [-0.4, -0.2) is 116 Å². The molecule has 1 aromatic heterocycles. The van der Waals surface area contributed by atoms with E-state index >= 15 is 0 Å². The third-order valence-corrected chi connectivity index (χ3v) is 12.9. The van der Waals surface area contributed by atoms with Crippen LogP contribution in [-0.2, 0) is 28.6 Å². The second-order valence-corrected chi connectivity index (χ2v) is 17.6. The van der Waals surface area contributed by atoms with Gasteiger partial charge in [-0.2, -0.15) is 0 Å². The molecule has 16 heteroatoms. The van der Waals surface area contributed by atoms with E-state index in [1.54, 1.807) is 32.4 Å². The van der Waals surface area contributed by atoms with Crippen LogP contribution in [0, 0.1) is 22.2 Å². The summed E-state index contributed by atoms with van der Waals surface area (Å²) in [5, 5.41) is 16.5. The van der Waals surface area contributed by atoms with Gasteiger partial charge in [0.25, 0.3) is 0 Å². The maximum absolute atomic E-state index is 14.7. The number of hydrogen-bond donors (Lipinski definition) is 3. The van der Waals surface area contributed by atoms with Crippen molar-refractivity contribution in [2.75, 3.05) is 47.2 Å². The van der Waals surface area contributed by atoms with E-state index in [0.29, 0.717) is 59.3 Å². The maximum atomic E-state index is 14.7. The predicted octanol–water partition coefficient (Wildman–Crippen LogP) is 4.74. The molecule has 2 aromatic rings. The molecule has 1 aromatic carbocycles. The lowest BCUT2D eigenvalue weighted by atomic mass is 9.85. The summed E-state index contributed by atoms with van der Waals surface area (Å²) in [6.07, 6.45) is 3.41. The second kappa shape index (κ2) is 15.0. The topological polar surface area (TPSA) is 184 Å². The van der Waals surface area contributed by atoms with Crippen LogP contribution in [0.3, 0.4) is 0 Å². The van der Waals surface area contributed by atoms with Gasteiger partial charge in [0.15, 0.2) is 0 Å². The van der Waals surface area contributed by atoms with Crippen molar-refractivity contribution in [1.29, 1.82) is 0 Å². The van der Waals surface area contributed by atoms with Crippen LogP contribution in [0.15, 0.2) is 18.2 Å². The molecule has 5 atom stereocenters. The van der Waals surface area contributed by atoms with Gasteiger partial charge in [0.2, 0.25) is 17.7 Å². The summed E-state index contributed by atoms with van der Waals surface area (Å²) in [5.41, 5.74) is -1.13. The molecular weight excluding hydrogens is 748 g/mol. The third-order valence-electron chi connectivity index (χ3n) is 12.5. The first kappa shape index (κ1) is 40.1. The number of pyridine rings is 1. The number of rotatable bonds is 17. The number of aliphatic carboxylic acids is 1. The third kappa shape index (κ3) is 7.53. The second-order valence-electron chi connectivity index (χ2n) is 17.3. The monoisotopic (exact) mass is 800 g/mol. The molecule has 7 rings (SSSR count). The smallest absolute Gasteiger partial charge is 0.408 e. The molecule has 5 fully saturated rings. The molecule has 0 bridgehead atoms. The number of carbonyl (C=O) groups excluding carboxylic acids is 3. The Bertz CT molecular complexity index is 1860. The zero-order valence-electron chi connectivity index (χ0n) is 32.9. The number of halogens is 1. The first-order valence-electron chi connectivity index (χ1n) is 19.5. The van der Waals surface area contributed by atoms with E-state index in [1.165, 1.54) is 17.7 Å². The lowest BCUT2D eigenvalue weighted by Crippen LogP contribution is -2.59. The van der Waals surface area contributed by atoms with Crippen molar-refractivity contribution < 1.29 is 52.7 Å². The Morgan fingerprint density at radius 3 is 2.27 bits per heavy atom. The lowest BCUT2D eigenvalue weighted by Gasteiger charge is -2.35. The first-order valence-corrected chi connectivity index (χ1v) is 19.8. The highest BCUT2D eigenvalue weighted by atomic mass is 35.5. The van der Waals surface area contributed by atoms with Gasteiger partial charge in [-0.05, 0) is 66.4 Å². The molecule has 4 aliphatic carbocycles. The van der Waals surface area contributed by atoms with E-state index in [9.17, 15) is 24.3 Å². The van der Waals surface area contributed by atoms with Crippen molar-refractivity contribution in [1.82, 2.24) is 20.5 Å². The molecule has 0 spiro atoms. The quantitative estimate of drug-likeness (QED) is 0.187. The van der Waals surface area contributed by atoms with Crippen molar-refractivity contribution in [3.63, 3.8) is 0 Å². The molecular formula is C40H53ClN4O11. The SMILES string of the molecule is CC[C@@H]1C[C@]1(NC(=O)[C@@H]1C[C@@H](Oc2cc(OCCOC)nc3c(Cl)c(OCCOC)ccc23)CN1C(=O)[C@@H](NC(=O)OC1CC23CC2(C1)C3)C(C)(C)C)C(=O)O. The van der Waals surface area contributed by atoms with E-state index in [0.717, 1.165) is 12.8 Å². The summed E-state index contributed by atoms with van der Waals surface area (Å²) in [6.45, 7) is 8.42. The van der Waals surface area contributed by atoms with Crippen molar-refractivity contribution in [2.45, 2.75) is 102 Å². The van der Waals surface area contributed by atoms with E-state index in [1.807, 2.05) is 27.7 Å². The molecule has 4 saturated carbocycles. The summed E-state index contributed by atoms with van der Waals surface area (Å²) in [4.78, 5) is 60.6. The van der Waals surface area contributed by atoms with Crippen molar-refractivity contribution in [3.05, 3.63) is 23.2 Å². The highest BCUT2D eigenvalue weighted by Crippen LogP contribution is 2.93. The fourth-order valence-electron chi connectivity index (χ4n) is 9.10. The van der Waals surface area contributed by atoms with Crippen molar-refractivity contribution in [2.24, 2.45) is 22.2 Å². The molecule has 306 valence electrons. The molecule has 3 amide bonds. The van der Waals surface area contributed by atoms with Gasteiger partial charge in [-0.3, -0.25) is 9.59 Å². The number of amides is 3. The number of likely N-dealkylation sites (tertiary alicyclic amines) is 1. The normalized spacial score (nSPS) is 30.2. The summed E-state index contributed by atoms with van der Waals surface area (Å²) in [7, 11) is 3.12. The molecule has 2 heterocycles. The Morgan fingerprint density at radius 2 is 1.66 bits per heavy atom. The van der Waals surface area contributed by atoms with Crippen LogP contribution in [0.4, 0.5) is 4.79 Å². The van der Waals surface area contributed by atoms with Crippen LogP contribution >= 0.6 is 11.6 Å². The number of nitrogens with zero attached hydrogens (tertiary/aromatic N) is 2. The number of hydrogen-bond acceptors (Lipinski definition) is 11. The zero-order valence-corrected chi connectivity index (χ0v) is 33.7.